The number of benzene rings is 2. The van der Waals surface area contributed by atoms with E-state index in [1.165, 1.54) is 19.1 Å². The summed E-state index contributed by atoms with van der Waals surface area (Å²) in [5.74, 6) is -0.738. The number of ether oxygens (including phenoxy) is 1. The molecule has 37 heavy (non-hydrogen) atoms. The van der Waals surface area contributed by atoms with Crippen molar-refractivity contribution >= 4 is 0 Å². The van der Waals surface area contributed by atoms with Crippen LogP contribution in [-0.4, -0.2) is 40.8 Å². The van der Waals surface area contributed by atoms with Crippen molar-refractivity contribution in [2.75, 3.05) is 13.1 Å². The molecule has 1 unspecified atom stereocenters. The first-order chi connectivity index (χ1) is 17.0. The van der Waals surface area contributed by atoms with Gasteiger partial charge in [-0.25, -0.2) is 4.39 Å². The normalized spacial score (nSPS) is 26.2. The van der Waals surface area contributed by atoms with E-state index in [1.807, 2.05) is 0 Å². The predicted octanol–water partition coefficient (Wildman–Crippen LogP) is 6.96. The largest absolute Gasteiger partial charge is 0.416 e. The fraction of sp³-hybridized carbons (Fsp3) is 0.556. The van der Waals surface area contributed by atoms with Gasteiger partial charge in [0.25, 0.3) is 0 Å². The maximum Gasteiger partial charge on any atom is 0.416 e. The van der Waals surface area contributed by atoms with E-state index in [4.69, 9.17) is 4.74 Å². The van der Waals surface area contributed by atoms with Crippen molar-refractivity contribution in [3.63, 3.8) is 0 Å². The minimum absolute atomic E-state index is 0.00863. The lowest BCUT2D eigenvalue weighted by molar-refractivity contribution is -0.143. The summed E-state index contributed by atoms with van der Waals surface area (Å²) in [7, 11) is 0. The van der Waals surface area contributed by atoms with Gasteiger partial charge in [0.1, 0.15) is 5.82 Å². The van der Waals surface area contributed by atoms with Crippen molar-refractivity contribution in [3.8, 4) is 0 Å². The molecule has 2 heterocycles. The molecular formula is C27H30F7NO2. The van der Waals surface area contributed by atoms with Crippen molar-refractivity contribution in [2.24, 2.45) is 5.92 Å². The van der Waals surface area contributed by atoms with Crippen LogP contribution in [0.5, 0.6) is 0 Å². The first-order valence-corrected chi connectivity index (χ1v) is 12.2. The SMILES string of the molecule is C[C@@H](O[C@H]1CN2CCC(C(C)(C)O)C[C@H]2[C@@H]1c1ccc(F)cc1)c1cc(C(F)(F)F)cc(C(F)(F)F)c1. The summed E-state index contributed by atoms with van der Waals surface area (Å²) < 4.78 is 100. The van der Waals surface area contributed by atoms with E-state index < -0.39 is 47.1 Å². The van der Waals surface area contributed by atoms with Gasteiger partial charge in [-0.15, -0.1) is 0 Å². The summed E-state index contributed by atoms with van der Waals surface area (Å²) in [4.78, 5) is 2.18. The van der Waals surface area contributed by atoms with E-state index in [0.29, 0.717) is 31.6 Å². The van der Waals surface area contributed by atoms with Crippen molar-refractivity contribution in [2.45, 2.75) is 75.7 Å². The third kappa shape index (κ3) is 6.12. The van der Waals surface area contributed by atoms with Gasteiger partial charge in [0, 0.05) is 18.5 Å². The molecule has 2 fully saturated rings. The molecule has 10 heteroatoms. The lowest BCUT2D eigenvalue weighted by Gasteiger charge is -2.41. The molecule has 2 aromatic carbocycles. The molecule has 2 aliphatic rings. The fourth-order valence-corrected chi connectivity index (χ4v) is 5.68. The minimum Gasteiger partial charge on any atom is -0.390 e. The van der Waals surface area contributed by atoms with Crippen LogP contribution in [0.15, 0.2) is 42.5 Å². The number of fused-ring (bicyclic) bond motifs is 1. The van der Waals surface area contributed by atoms with E-state index in [0.717, 1.165) is 12.0 Å². The van der Waals surface area contributed by atoms with Gasteiger partial charge in [-0.2, -0.15) is 26.3 Å². The number of hydrogen-bond donors (Lipinski definition) is 1. The molecule has 5 atom stereocenters. The fourth-order valence-electron chi connectivity index (χ4n) is 5.68. The molecule has 0 saturated carbocycles. The molecule has 2 aliphatic heterocycles. The van der Waals surface area contributed by atoms with Gasteiger partial charge in [0.15, 0.2) is 0 Å². The Labute approximate surface area is 211 Å². The van der Waals surface area contributed by atoms with Gasteiger partial charge in [0.2, 0.25) is 0 Å². The molecule has 0 aliphatic carbocycles. The number of alkyl halides is 6. The molecule has 4 rings (SSSR count). The van der Waals surface area contributed by atoms with Gasteiger partial charge in [-0.3, -0.25) is 4.90 Å². The van der Waals surface area contributed by atoms with Gasteiger partial charge in [-0.1, -0.05) is 12.1 Å². The second-order valence-electron chi connectivity index (χ2n) is 10.7. The Morgan fingerprint density at radius 2 is 1.51 bits per heavy atom. The maximum atomic E-state index is 13.7. The zero-order valence-corrected chi connectivity index (χ0v) is 20.7. The molecule has 3 nitrogen and oxygen atoms in total. The van der Waals surface area contributed by atoms with E-state index in [2.05, 4.69) is 4.90 Å². The molecule has 0 bridgehead atoms. The lowest BCUT2D eigenvalue weighted by atomic mass is 9.76. The molecule has 0 amide bonds. The van der Waals surface area contributed by atoms with Gasteiger partial charge in [0.05, 0.1) is 28.9 Å². The van der Waals surface area contributed by atoms with E-state index in [1.54, 1.807) is 26.0 Å². The van der Waals surface area contributed by atoms with Crippen LogP contribution in [0.25, 0.3) is 0 Å². The molecule has 2 saturated heterocycles. The predicted molar refractivity (Wildman–Crippen MR) is 123 cm³/mol. The summed E-state index contributed by atoms with van der Waals surface area (Å²) in [5.41, 5.74) is -3.15. The van der Waals surface area contributed by atoms with Crippen molar-refractivity contribution in [3.05, 3.63) is 70.5 Å². The maximum absolute atomic E-state index is 13.7. The first kappa shape index (κ1) is 27.9. The highest BCUT2D eigenvalue weighted by Crippen LogP contribution is 2.46. The van der Waals surface area contributed by atoms with Crippen molar-refractivity contribution in [1.29, 1.82) is 0 Å². The molecule has 0 spiro atoms. The quantitative estimate of drug-likeness (QED) is 0.422. The Morgan fingerprint density at radius 1 is 0.946 bits per heavy atom. The van der Waals surface area contributed by atoms with Crippen LogP contribution < -0.4 is 0 Å². The molecule has 0 aromatic heterocycles. The topological polar surface area (TPSA) is 32.7 Å². The van der Waals surface area contributed by atoms with Crippen LogP contribution in [0.4, 0.5) is 30.7 Å². The Morgan fingerprint density at radius 3 is 2.03 bits per heavy atom. The Hall–Kier alpha value is -2.17. The lowest BCUT2D eigenvalue weighted by Crippen LogP contribution is -2.46. The Bertz CT molecular complexity index is 1060. The van der Waals surface area contributed by atoms with E-state index in [-0.39, 0.29) is 29.5 Å². The number of hydrogen-bond acceptors (Lipinski definition) is 3. The highest BCUT2D eigenvalue weighted by Gasteiger charge is 2.48. The van der Waals surface area contributed by atoms with Crippen LogP contribution >= 0.6 is 0 Å². The van der Waals surface area contributed by atoms with Crippen LogP contribution in [0.3, 0.4) is 0 Å². The summed E-state index contributed by atoms with van der Waals surface area (Å²) in [6, 6.07) is 7.30. The number of halogens is 7. The van der Waals surface area contributed by atoms with Gasteiger partial charge < -0.3 is 9.84 Å². The molecule has 1 N–H and O–H groups in total. The zero-order chi connectivity index (χ0) is 27.3. The standard InChI is InChI=1S/C27H30F7NO2/c1-15(17-10-19(26(29,30)31)12-20(11-17)27(32,33)34)37-23-14-35-9-8-18(25(2,3)36)13-22(35)24(23)16-4-6-21(28)7-5-16/h4-7,10-12,15,18,22-24,36H,8-9,13-14H2,1-3H3/t15-,18?,22+,23+,24+/m1/s1. The van der Waals surface area contributed by atoms with Crippen molar-refractivity contribution < 1.29 is 40.6 Å². The van der Waals surface area contributed by atoms with E-state index >= 15 is 0 Å². The number of nitrogens with zero attached hydrogens (tertiary/aromatic N) is 1. The van der Waals surface area contributed by atoms with E-state index in [9.17, 15) is 35.8 Å². The van der Waals surface area contributed by atoms with Gasteiger partial charge in [-0.05, 0) is 87.5 Å². The average Bonchev–Trinajstić information content (AvgIpc) is 3.14. The summed E-state index contributed by atoms with van der Waals surface area (Å²) in [6.07, 6.45) is -10.2. The highest BCUT2D eigenvalue weighted by atomic mass is 19.4. The zero-order valence-electron chi connectivity index (χ0n) is 20.7. The minimum atomic E-state index is -4.95. The first-order valence-electron chi connectivity index (χ1n) is 12.2. The summed E-state index contributed by atoms with van der Waals surface area (Å²) in [5, 5.41) is 10.6. The molecule has 204 valence electrons. The average molecular weight is 534 g/mol. The van der Waals surface area contributed by atoms with Crippen LogP contribution in [0.1, 0.15) is 67.9 Å². The smallest absolute Gasteiger partial charge is 0.390 e. The second-order valence-corrected chi connectivity index (χ2v) is 10.7. The molecule has 2 aromatic rings. The molecular weight excluding hydrogens is 503 g/mol. The van der Waals surface area contributed by atoms with Crippen LogP contribution in [0.2, 0.25) is 0 Å². The number of piperidine rings is 1. The second kappa shape index (κ2) is 9.85. The van der Waals surface area contributed by atoms with Crippen LogP contribution in [0, 0.1) is 11.7 Å². The summed E-state index contributed by atoms with van der Waals surface area (Å²) in [6.45, 7) is 6.01. The summed E-state index contributed by atoms with van der Waals surface area (Å²) >= 11 is 0. The monoisotopic (exact) mass is 533 g/mol. The number of aliphatic hydroxyl groups is 1. The van der Waals surface area contributed by atoms with Crippen molar-refractivity contribution in [1.82, 2.24) is 4.90 Å². The highest BCUT2D eigenvalue weighted by molar-refractivity contribution is 5.35. The number of rotatable bonds is 5. The molecule has 0 radical (unpaired) electrons. The Balaban J connectivity index is 1.66. The third-order valence-corrected chi connectivity index (χ3v) is 7.70. The Kier molecular flexibility index (Phi) is 7.42. The van der Waals surface area contributed by atoms with Gasteiger partial charge >= 0.3 is 12.4 Å². The van der Waals surface area contributed by atoms with Crippen LogP contribution in [-0.2, 0) is 17.1 Å². The third-order valence-electron chi connectivity index (χ3n) is 7.70.